The summed E-state index contributed by atoms with van der Waals surface area (Å²) in [5, 5.41) is 26.2. The molecule has 14 heteroatoms. The van der Waals surface area contributed by atoms with Gasteiger partial charge in [-0.3, -0.25) is 14.4 Å². The number of H-pyrrole nitrogens is 1. The summed E-state index contributed by atoms with van der Waals surface area (Å²) in [6.07, 6.45) is 4.56. The summed E-state index contributed by atoms with van der Waals surface area (Å²) < 4.78 is 5.37. The molecule has 6 rings (SSSR count). The van der Waals surface area contributed by atoms with Crippen LogP contribution in [-0.4, -0.2) is 93.7 Å². The maximum Gasteiger partial charge on any atom is 0.407 e. The summed E-state index contributed by atoms with van der Waals surface area (Å²) in [5.74, 6) is -0.129. The largest absolute Gasteiger partial charge is 0.444 e. The lowest BCUT2D eigenvalue weighted by molar-refractivity contribution is -0.130. The van der Waals surface area contributed by atoms with Crippen LogP contribution in [0.4, 0.5) is 10.5 Å². The number of alkyl carbamates (subject to hydrolysis) is 1. The number of nitrogens with zero attached hydrogens (tertiary/aromatic N) is 4. The van der Waals surface area contributed by atoms with Crippen molar-refractivity contribution in [3.05, 3.63) is 82.9 Å². The molecule has 4 aromatic rings. The van der Waals surface area contributed by atoms with Crippen molar-refractivity contribution in [3.63, 3.8) is 0 Å². The molecule has 1 aliphatic carbocycles. The van der Waals surface area contributed by atoms with Gasteiger partial charge in [0.2, 0.25) is 17.6 Å². The molecule has 1 aliphatic heterocycles. The number of anilines is 1. The number of aromatic nitrogens is 4. The van der Waals surface area contributed by atoms with Gasteiger partial charge in [-0.25, -0.2) is 4.79 Å². The third-order valence-electron chi connectivity index (χ3n) is 11.2. The Morgan fingerprint density at radius 2 is 1.57 bits per heavy atom. The van der Waals surface area contributed by atoms with Crippen LogP contribution < -0.4 is 21.3 Å². The molecule has 1 saturated heterocycles. The minimum Gasteiger partial charge on any atom is -0.444 e. The van der Waals surface area contributed by atoms with Crippen molar-refractivity contribution in [2.45, 2.75) is 97.2 Å². The molecule has 308 valence electrons. The molecule has 0 bridgehead atoms. The maximum atomic E-state index is 13.9. The van der Waals surface area contributed by atoms with Crippen LogP contribution in [0.25, 0.3) is 22.5 Å². The Kier molecular flexibility index (Phi) is 13.6. The van der Waals surface area contributed by atoms with Crippen LogP contribution in [0, 0.1) is 25.7 Å². The van der Waals surface area contributed by atoms with E-state index in [0.29, 0.717) is 36.5 Å². The van der Waals surface area contributed by atoms with Crippen LogP contribution in [0.15, 0.2) is 60.7 Å². The zero-order valence-electron chi connectivity index (χ0n) is 34.5. The number of hydrogen-bond donors (Lipinski definition) is 5. The SMILES string of the molecule is Cc1cc(C(=O)NC2CCN(C)CC2)cc(-c2ccc(C[C@H](NC(=O)C3CCC(CNC(=O)OC(C)(C)C)CC3)C(=O)Nc3ccc(-c4nn[nH]n4)cc3)cc2)c1C. The fourth-order valence-corrected chi connectivity index (χ4v) is 7.65. The van der Waals surface area contributed by atoms with Crippen LogP contribution in [0.2, 0.25) is 0 Å². The van der Waals surface area contributed by atoms with Crippen LogP contribution in [0.5, 0.6) is 0 Å². The molecule has 0 spiro atoms. The normalized spacial score (nSPS) is 18.2. The lowest BCUT2D eigenvalue weighted by Gasteiger charge is -2.29. The van der Waals surface area contributed by atoms with Gasteiger partial charge in [-0.15, -0.1) is 10.2 Å². The third-order valence-corrected chi connectivity index (χ3v) is 11.2. The van der Waals surface area contributed by atoms with Crippen LogP contribution >= 0.6 is 0 Å². The minimum absolute atomic E-state index is 0.0597. The second-order valence-corrected chi connectivity index (χ2v) is 16.9. The van der Waals surface area contributed by atoms with E-state index in [-0.39, 0.29) is 42.0 Å². The molecule has 3 aromatic carbocycles. The Labute approximate surface area is 340 Å². The molecular formula is C44H57N9O5. The van der Waals surface area contributed by atoms with Gasteiger partial charge in [0.05, 0.1) is 0 Å². The van der Waals surface area contributed by atoms with Crippen LogP contribution in [-0.2, 0) is 20.7 Å². The summed E-state index contributed by atoms with van der Waals surface area (Å²) in [4.78, 5) is 55.5. The molecule has 2 fully saturated rings. The number of piperidine rings is 1. The van der Waals surface area contributed by atoms with E-state index < -0.39 is 17.7 Å². The second kappa shape index (κ2) is 18.8. The Balaban J connectivity index is 1.13. The number of benzene rings is 3. The molecule has 5 N–H and O–H groups in total. The third kappa shape index (κ3) is 11.5. The van der Waals surface area contributed by atoms with Crippen molar-refractivity contribution in [2.24, 2.45) is 11.8 Å². The van der Waals surface area contributed by atoms with Gasteiger partial charge >= 0.3 is 6.09 Å². The Morgan fingerprint density at radius 3 is 2.21 bits per heavy atom. The van der Waals surface area contributed by atoms with E-state index in [4.69, 9.17) is 4.74 Å². The van der Waals surface area contributed by atoms with Gasteiger partial charge in [0.1, 0.15) is 11.6 Å². The Hall–Kier alpha value is -5.63. The molecule has 58 heavy (non-hydrogen) atoms. The molecule has 4 amide bonds. The molecule has 1 atom stereocenters. The number of aryl methyl sites for hydroxylation is 1. The quantitative estimate of drug-likeness (QED) is 0.115. The van der Waals surface area contributed by atoms with E-state index in [1.54, 1.807) is 24.3 Å². The first-order chi connectivity index (χ1) is 27.7. The van der Waals surface area contributed by atoms with Crippen molar-refractivity contribution in [3.8, 4) is 22.5 Å². The van der Waals surface area contributed by atoms with Crippen LogP contribution in [0.1, 0.15) is 86.3 Å². The van der Waals surface area contributed by atoms with Crippen molar-refractivity contribution >= 4 is 29.5 Å². The summed E-state index contributed by atoms with van der Waals surface area (Å²) in [6, 6.07) is 18.3. The number of carbonyl (C=O) groups excluding carboxylic acids is 4. The van der Waals surface area contributed by atoms with Gasteiger partial charge in [0, 0.05) is 41.7 Å². The molecule has 0 radical (unpaired) electrons. The fraction of sp³-hybridized carbons (Fsp3) is 0.477. The number of amides is 4. The van der Waals surface area contributed by atoms with E-state index in [1.165, 1.54) is 0 Å². The topological polar surface area (TPSA) is 183 Å². The smallest absolute Gasteiger partial charge is 0.407 e. The molecule has 14 nitrogen and oxygen atoms in total. The lowest BCUT2D eigenvalue weighted by Crippen LogP contribution is -2.48. The summed E-state index contributed by atoms with van der Waals surface area (Å²) >= 11 is 0. The summed E-state index contributed by atoms with van der Waals surface area (Å²) in [6.45, 7) is 12.0. The van der Waals surface area contributed by atoms with Crippen molar-refractivity contribution < 1.29 is 23.9 Å². The van der Waals surface area contributed by atoms with Crippen molar-refractivity contribution in [1.29, 1.82) is 0 Å². The van der Waals surface area contributed by atoms with Gasteiger partial charge < -0.3 is 30.9 Å². The number of likely N-dealkylation sites (tertiary alicyclic amines) is 1. The highest BCUT2D eigenvalue weighted by atomic mass is 16.6. The Morgan fingerprint density at radius 1 is 0.897 bits per heavy atom. The predicted octanol–water partition coefficient (Wildman–Crippen LogP) is 5.97. The number of carbonyl (C=O) groups is 4. The minimum atomic E-state index is -0.850. The van der Waals surface area contributed by atoms with Gasteiger partial charge in [0.25, 0.3) is 5.91 Å². The lowest BCUT2D eigenvalue weighted by atomic mass is 9.81. The van der Waals surface area contributed by atoms with Crippen LogP contribution in [0.3, 0.4) is 0 Å². The van der Waals surface area contributed by atoms with Crippen molar-refractivity contribution in [1.82, 2.24) is 41.5 Å². The first-order valence-corrected chi connectivity index (χ1v) is 20.3. The van der Waals surface area contributed by atoms with Gasteiger partial charge in [-0.2, -0.15) is 5.21 Å². The first kappa shape index (κ1) is 42.0. The zero-order chi connectivity index (χ0) is 41.4. The standard InChI is InChI=1S/C44H57N9O5/c1-27-23-34(41(55)46-36-19-21-53(6)22-20-36)25-37(28(27)2)31-11-7-29(8-12-31)24-38(42(56)47-35-17-15-32(16-18-35)39-49-51-52-50-39)48-40(54)33-13-9-30(10-14-33)26-45-43(57)58-44(3,4)5/h7-8,11-12,15-18,23,25,30,33,36,38H,9-10,13-14,19-22,24,26H2,1-6H3,(H,45,57)(H,46,55)(H,47,56)(H,48,54)(H,49,50,51,52)/t30?,33?,38-/m0/s1. The van der Waals surface area contributed by atoms with E-state index in [2.05, 4.69) is 60.8 Å². The number of tetrazole rings is 1. The highest BCUT2D eigenvalue weighted by Gasteiger charge is 2.30. The van der Waals surface area contributed by atoms with E-state index in [9.17, 15) is 19.2 Å². The number of rotatable bonds is 12. The number of aromatic amines is 1. The number of ether oxygens (including phenoxy) is 1. The average molecular weight is 792 g/mol. The maximum absolute atomic E-state index is 13.9. The molecular weight excluding hydrogens is 735 g/mol. The summed E-state index contributed by atoms with van der Waals surface area (Å²) in [5.41, 5.74) is 6.31. The van der Waals surface area contributed by atoms with Crippen molar-refractivity contribution in [2.75, 3.05) is 32.0 Å². The molecule has 1 aromatic heterocycles. The average Bonchev–Trinajstić information content (AvgIpc) is 3.74. The Bertz CT molecular complexity index is 2030. The molecule has 1 saturated carbocycles. The monoisotopic (exact) mass is 791 g/mol. The van der Waals surface area contributed by atoms with Gasteiger partial charge in [-0.1, -0.05) is 24.3 Å². The highest BCUT2D eigenvalue weighted by Crippen LogP contribution is 2.30. The molecule has 0 unspecified atom stereocenters. The van der Waals surface area contributed by atoms with E-state index >= 15 is 0 Å². The molecule has 2 aliphatic rings. The predicted molar refractivity (Wildman–Crippen MR) is 223 cm³/mol. The number of hydrogen-bond acceptors (Lipinski definition) is 9. The highest BCUT2D eigenvalue weighted by molar-refractivity contribution is 5.98. The summed E-state index contributed by atoms with van der Waals surface area (Å²) in [7, 11) is 2.10. The molecule has 2 heterocycles. The number of nitrogens with one attached hydrogen (secondary N) is 5. The van der Waals surface area contributed by atoms with E-state index in [0.717, 1.165) is 72.2 Å². The van der Waals surface area contributed by atoms with Gasteiger partial charge in [-0.05, 0) is 169 Å². The fourth-order valence-electron chi connectivity index (χ4n) is 7.65. The van der Waals surface area contributed by atoms with E-state index in [1.807, 2.05) is 64.1 Å². The zero-order valence-corrected chi connectivity index (χ0v) is 34.5. The first-order valence-electron chi connectivity index (χ1n) is 20.3. The van der Waals surface area contributed by atoms with Gasteiger partial charge in [0.15, 0.2) is 0 Å². The second-order valence-electron chi connectivity index (χ2n) is 16.9.